The fourth-order valence-corrected chi connectivity index (χ4v) is 2.38. The number of rotatable bonds is 4. The molecule has 1 N–H and O–H groups in total. The predicted octanol–water partition coefficient (Wildman–Crippen LogP) is 2.80. The maximum atomic E-state index is 12.1. The maximum absolute atomic E-state index is 12.1. The van der Waals surface area contributed by atoms with Gasteiger partial charge >= 0.3 is 0 Å². The molecule has 0 radical (unpaired) electrons. The summed E-state index contributed by atoms with van der Waals surface area (Å²) in [5, 5.41) is 0. The van der Waals surface area contributed by atoms with E-state index >= 15 is 0 Å². The number of benzene rings is 2. The van der Waals surface area contributed by atoms with Crippen LogP contribution in [0.25, 0.3) is 11.0 Å². The molecule has 112 valence electrons. The summed E-state index contributed by atoms with van der Waals surface area (Å²) in [6.07, 6.45) is 1.58. The number of ether oxygens (including phenoxy) is 1. The van der Waals surface area contributed by atoms with Crippen molar-refractivity contribution in [3.63, 3.8) is 0 Å². The predicted molar refractivity (Wildman–Crippen MR) is 85.5 cm³/mol. The lowest BCUT2D eigenvalue weighted by atomic mass is 10.1. The fourth-order valence-electron chi connectivity index (χ4n) is 2.38. The standard InChI is InChI=1S/C17H17N3O2/c1-12-6-5-7-13(2)17(12)22-10-16(21)19-20-11-18-14-8-3-4-9-15(14)20/h3-9,11H,10H2,1-2H3,(H,19,21). The van der Waals surface area contributed by atoms with Gasteiger partial charge in [-0.25, -0.2) is 9.66 Å². The smallest absolute Gasteiger partial charge is 0.276 e. The summed E-state index contributed by atoms with van der Waals surface area (Å²) in [5.41, 5.74) is 6.48. The van der Waals surface area contributed by atoms with E-state index in [1.54, 1.807) is 11.0 Å². The molecule has 3 rings (SSSR count). The van der Waals surface area contributed by atoms with Gasteiger partial charge in [-0.2, -0.15) is 0 Å². The molecule has 0 aliphatic carbocycles. The molecule has 0 spiro atoms. The summed E-state index contributed by atoms with van der Waals surface area (Å²) in [6.45, 7) is 3.88. The van der Waals surface area contributed by atoms with Crippen LogP contribution in [-0.4, -0.2) is 22.2 Å². The zero-order valence-corrected chi connectivity index (χ0v) is 12.5. The molecule has 1 amide bonds. The van der Waals surface area contributed by atoms with Crippen molar-refractivity contribution in [1.29, 1.82) is 0 Å². The zero-order chi connectivity index (χ0) is 15.5. The minimum Gasteiger partial charge on any atom is -0.483 e. The summed E-state index contributed by atoms with van der Waals surface area (Å²) in [6, 6.07) is 13.5. The Kier molecular flexibility index (Phi) is 3.78. The summed E-state index contributed by atoms with van der Waals surface area (Å²) in [4.78, 5) is 16.3. The topological polar surface area (TPSA) is 56.1 Å². The van der Waals surface area contributed by atoms with Gasteiger partial charge < -0.3 is 4.74 Å². The molecule has 0 unspecified atom stereocenters. The van der Waals surface area contributed by atoms with Gasteiger partial charge in [0, 0.05) is 0 Å². The van der Waals surface area contributed by atoms with Crippen molar-refractivity contribution in [2.45, 2.75) is 13.8 Å². The second-order valence-corrected chi connectivity index (χ2v) is 5.15. The molecule has 3 aromatic rings. The first-order valence-electron chi connectivity index (χ1n) is 7.06. The number of nitrogens with zero attached hydrogens (tertiary/aromatic N) is 2. The molecule has 0 aliphatic rings. The summed E-state index contributed by atoms with van der Waals surface area (Å²) >= 11 is 0. The van der Waals surface area contributed by atoms with E-state index in [1.165, 1.54) is 0 Å². The maximum Gasteiger partial charge on any atom is 0.276 e. The molecule has 0 atom stereocenters. The van der Waals surface area contributed by atoms with E-state index in [0.717, 1.165) is 27.9 Å². The summed E-state index contributed by atoms with van der Waals surface area (Å²) < 4.78 is 7.25. The van der Waals surface area contributed by atoms with E-state index < -0.39 is 0 Å². The van der Waals surface area contributed by atoms with Crippen molar-refractivity contribution in [1.82, 2.24) is 9.66 Å². The van der Waals surface area contributed by atoms with Crippen molar-refractivity contribution in [3.05, 3.63) is 59.9 Å². The largest absolute Gasteiger partial charge is 0.483 e. The van der Waals surface area contributed by atoms with Crippen LogP contribution in [0.2, 0.25) is 0 Å². The molecule has 0 saturated heterocycles. The number of hydrogen-bond donors (Lipinski definition) is 1. The number of amides is 1. The lowest BCUT2D eigenvalue weighted by Gasteiger charge is -2.12. The highest BCUT2D eigenvalue weighted by atomic mass is 16.5. The average Bonchev–Trinajstić information content (AvgIpc) is 2.90. The Balaban J connectivity index is 1.68. The molecule has 5 heteroatoms. The zero-order valence-electron chi connectivity index (χ0n) is 12.5. The van der Waals surface area contributed by atoms with E-state index in [2.05, 4.69) is 10.4 Å². The molecule has 2 aromatic carbocycles. The van der Waals surface area contributed by atoms with Gasteiger partial charge in [0.25, 0.3) is 5.91 Å². The van der Waals surface area contributed by atoms with Gasteiger partial charge in [-0.15, -0.1) is 0 Å². The molecular formula is C17H17N3O2. The van der Waals surface area contributed by atoms with Gasteiger partial charge in [-0.3, -0.25) is 10.2 Å². The first kappa shape index (κ1) is 14.1. The number of para-hydroxylation sites is 3. The molecule has 1 heterocycles. The number of carbonyl (C=O) groups excluding carboxylic acids is 1. The molecule has 0 saturated carbocycles. The Morgan fingerprint density at radius 1 is 1.14 bits per heavy atom. The second kappa shape index (κ2) is 5.89. The Morgan fingerprint density at radius 2 is 1.86 bits per heavy atom. The minimum atomic E-state index is -0.231. The average molecular weight is 295 g/mol. The number of hydrogen-bond acceptors (Lipinski definition) is 3. The third-order valence-corrected chi connectivity index (χ3v) is 3.46. The number of imidazole rings is 1. The Bertz CT molecular complexity index is 803. The van der Waals surface area contributed by atoms with Crippen molar-refractivity contribution >= 4 is 16.9 Å². The van der Waals surface area contributed by atoms with E-state index in [0.29, 0.717) is 0 Å². The fraction of sp³-hybridized carbons (Fsp3) is 0.176. The van der Waals surface area contributed by atoms with Crippen LogP contribution >= 0.6 is 0 Å². The lowest BCUT2D eigenvalue weighted by Crippen LogP contribution is -2.27. The summed E-state index contributed by atoms with van der Waals surface area (Å²) in [7, 11) is 0. The van der Waals surface area contributed by atoms with E-state index in [4.69, 9.17) is 4.74 Å². The van der Waals surface area contributed by atoms with Gasteiger partial charge in [0.1, 0.15) is 12.1 Å². The van der Waals surface area contributed by atoms with Crippen LogP contribution in [0, 0.1) is 13.8 Å². The van der Waals surface area contributed by atoms with E-state index in [9.17, 15) is 4.79 Å². The molecular weight excluding hydrogens is 278 g/mol. The third kappa shape index (κ3) is 2.79. The SMILES string of the molecule is Cc1cccc(C)c1OCC(=O)Nn1cnc2ccccc21. The molecule has 22 heavy (non-hydrogen) atoms. The van der Waals surface area contributed by atoms with Crippen molar-refractivity contribution in [2.75, 3.05) is 12.0 Å². The number of nitrogens with one attached hydrogen (secondary N) is 1. The van der Waals surface area contributed by atoms with Crippen LogP contribution in [0.1, 0.15) is 11.1 Å². The van der Waals surface area contributed by atoms with Gasteiger partial charge in [0.2, 0.25) is 0 Å². The minimum absolute atomic E-state index is 0.0435. The van der Waals surface area contributed by atoms with Crippen LogP contribution < -0.4 is 10.2 Å². The highest BCUT2D eigenvalue weighted by Crippen LogP contribution is 2.22. The van der Waals surface area contributed by atoms with Gasteiger partial charge in [0.05, 0.1) is 11.0 Å². The number of aryl methyl sites for hydroxylation is 2. The first-order chi connectivity index (χ1) is 10.6. The van der Waals surface area contributed by atoms with Crippen LogP contribution in [0.3, 0.4) is 0 Å². The number of carbonyl (C=O) groups is 1. The van der Waals surface area contributed by atoms with Crippen molar-refractivity contribution in [2.24, 2.45) is 0 Å². The Hall–Kier alpha value is -2.82. The van der Waals surface area contributed by atoms with Crippen LogP contribution in [-0.2, 0) is 4.79 Å². The molecule has 0 bridgehead atoms. The third-order valence-electron chi connectivity index (χ3n) is 3.46. The van der Waals surface area contributed by atoms with Crippen molar-refractivity contribution < 1.29 is 9.53 Å². The second-order valence-electron chi connectivity index (χ2n) is 5.15. The highest BCUT2D eigenvalue weighted by molar-refractivity contribution is 5.87. The summed E-state index contributed by atoms with van der Waals surface area (Å²) in [5.74, 6) is 0.527. The Labute approximate surface area is 128 Å². The van der Waals surface area contributed by atoms with Crippen LogP contribution in [0.4, 0.5) is 0 Å². The molecule has 5 nitrogen and oxygen atoms in total. The highest BCUT2D eigenvalue weighted by Gasteiger charge is 2.09. The quantitative estimate of drug-likeness (QED) is 0.805. The van der Waals surface area contributed by atoms with Crippen molar-refractivity contribution in [3.8, 4) is 5.75 Å². The van der Waals surface area contributed by atoms with E-state index in [1.807, 2.05) is 56.3 Å². The Morgan fingerprint density at radius 3 is 2.64 bits per heavy atom. The lowest BCUT2D eigenvalue weighted by molar-refractivity contribution is -0.119. The number of fused-ring (bicyclic) bond motifs is 1. The van der Waals surface area contributed by atoms with Crippen LogP contribution in [0.15, 0.2) is 48.8 Å². The van der Waals surface area contributed by atoms with E-state index in [-0.39, 0.29) is 12.5 Å². The normalized spacial score (nSPS) is 10.6. The monoisotopic (exact) mass is 295 g/mol. The van der Waals surface area contributed by atoms with Gasteiger partial charge in [0.15, 0.2) is 6.61 Å². The molecule has 0 fully saturated rings. The first-order valence-corrected chi connectivity index (χ1v) is 7.06. The van der Waals surface area contributed by atoms with Gasteiger partial charge in [-0.1, -0.05) is 30.3 Å². The van der Waals surface area contributed by atoms with Gasteiger partial charge in [-0.05, 0) is 37.1 Å². The number of aromatic nitrogens is 2. The van der Waals surface area contributed by atoms with Crippen LogP contribution in [0.5, 0.6) is 5.75 Å². The molecule has 0 aliphatic heterocycles. The molecule has 1 aromatic heterocycles.